The van der Waals surface area contributed by atoms with E-state index >= 15 is 0 Å². The number of hydrogen-bond acceptors (Lipinski definition) is 7. The van der Waals surface area contributed by atoms with E-state index < -0.39 is 0 Å². The molecule has 1 fully saturated rings. The van der Waals surface area contributed by atoms with Crippen molar-refractivity contribution in [2.45, 2.75) is 19.9 Å². The highest BCUT2D eigenvalue weighted by Crippen LogP contribution is 2.32. The lowest BCUT2D eigenvalue weighted by molar-refractivity contribution is 0.589. The first-order valence-electron chi connectivity index (χ1n) is 10.1. The quantitative estimate of drug-likeness (QED) is 0.472. The van der Waals surface area contributed by atoms with Crippen LogP contribution in [-0.4, -0.2) is 50.7 Å². The Balaban J connectivity index is 1.48. The maximum atomic E-state index is 4.80. The predicted molar refractivity (Wildman–Crippen MR) is 124 cm³/mol. The van der Waals surface area contributed by atoms with Crippen LogP contribution < -0.4 is 15.5 Å². The number of hydrogen-bond donors (Lipinski definition) is 2. The van der Waals surface area contributed by atoms with E-state index in [1.165, 1.54) is 0 Å². The van der Waals surface area contributed by atoms with Crippen molar-refractivity contribution in [3.05, 3.63) is 41.4 Å². The standard InChI is InChI=1S/C21H23BrN8/c1-13(2)30-12-26-19-16(22)9-14-10-25-21(28-18(14)20(19)30)27-17-4-3-15(11-24-17)29-7-5-23-6-8-29/h3-4,9-13,23H,5-8H2,1-2H3,(H,24,25,27,28). The largest absolute Gasteiger partial charge is 0.368 e. The van der Waals surface area contributed by atoms with Gasteiger partial charge in [0, 0.05) is 48.3 Å². The van der Waals surface area contributed by atoms with Crippen LogP contribution in [0.2, 0.25) is 0 Å². The van der Waals surface area contributed by atoms with Crippen molar-refractivity contribution in [2.24, 2.45) is 0 Å². The smallest absolute Gasteiger partial charge is 0.228 e. The molecule has 0 aliphatic carbocycles. The van der Waals surface area contributed by atoms with Gasteiger partial charge >= 0.3 is 0 Å². The summed E-state index contributed by atoms with van der Waals surface area (Å²) in [7, 11) is 0. The summed E-state index contributed by atoms with van der Waals surface area (Å²) in [6, 6.07) is 6.35. The maximum absolute atomic E-state index is 4.80. The van der Waals surface area contributed by atoms with Gasteiger partial charge in [-0.15, -0.1) is 0 Å². The van der Waals surface area contributed by atoms with Crippen LogP contribution in [0.15, 0.2) is 41.4 Å². The van der Waals surface area contributed by atoms with E-state index in [-0.39, 0.29) is 6.04 Å². The number of anilines is 3. The van der Waals surface area contributed by atoms with E-state index in [0.717, 1.165) is 64.1 Å². The zero-order chi connectivity index (χ0) is 20.7. The van der Waals surface area contributed by atoms with Crippen molar-refractivity contribution in [1.82, 2.24) is 29.8 Å². The summed E-state index contributed by atoms with van der Waals surface area (Å²) in [5.41, 5.74) is 3.91. The number of piperazine rings is 1. The van der Waals surface area contributed by atoms with Gasteiger partial charge in [-0.1, -0.05) is 0 Å². The Morgan fingerprint density at radius 3 is 2.63 bits per heavy atom. The second kappa shape index (κ2) is 7.81. The van der Waals surface area contributed by atoms with Crippen LogP contribution in [0.5, 0.6) is 0 Å². The summed E-state index contributed by atoms with van der Waals surface area (Å²) < 4.78 is 3.08. The molecule has 0 bridgehead atoms. The molecule has 0 unspecified atom stereocenters. The molecule has 0 saturated carbocycles. The van der Waals surface area contributed by atoms with E-state index in [4.69, 9.17) is 4.98 Å². The monoisotopic (exact) mass is 466 g/mol. The fourth-order valence-electron chi connectivity index (χ4n) is 3.80. The Morgan fingerprint density at radius 1 is 1.07 bits per heavy atom. The van der Waals surface area contributed by atoms with Gasteiger partial charge in [0.05, 0.1) is 23.7 Å². The number of fused-ring (bicyclic) bond motifs is 3. The van der Waals surface area contributed by atoms with Gasteiger partial charge in [-0.05, 0) is 48.0 Å². The number of benzene rings is 1. The molecule has 4 aromatic rings. The minimum atomic E-state index is 0.276. The number of halogens is 1. The molecule has 1 aromatic carbocycles. The number of nitrogens with zero attached hydrogens (tertiary/aromatic N) is 6. The molecular formula is C21H23BrN8. The van der Waals surface area contributed by atoms with Gasteiger partial charge in [-0.3, -0.25) is 0 Å². The highest BCUT2D eigenvalue weighted by Gasteiger charge is 2.15. The zero-order valence-corrected chi connectivity index (χ0v) is 18.5. The van der Waals surface area contributed by atoms with Crippen molar-refractivity contribution in [1.29, 1.82) is 0 Å². The van der Waals surface area contributed by atoms with Crippen LogP contribution in [-0.2, 0) is 0 Å². The first-order valence-corrected chi connectivity index (χ1v) is 10.9. The Morgan fingerprint density at radius 2 is 1.90 bits per heavy atom. The first kappa shape index (κ1) is 19.2. The summed E-state index contributed by atoms with van der Waals surface area (Å²) in [6.45, 7) is 8.27. The van der Waals surface area contributed by atoms with E-state index in [9.17, 15) is 0 Å². The number of aromatic nitrogens is 5. The lowest BCUT2D eigenvalue weighted by Crippen LogP contribution is -2.43. The second-order valence-corrected chi connectivity index (χ2v) is 8.55. The Bertz CT molecular complexity index is 1200. The molecule has 0 radical (unpaired) electrons. The van der Waals surface area contributed by atoms with E-state index in [2.05, 4.69) is 70.9 Å². The lowest BCUT2D eigenvalue weighted by atomic mass is 10.2. The third-order valence-electron chi connectivity index (χ3n) is 5.37. The minimum absolute atomic E-state index is 0.276. The van der Waals surface area contributed by atoms with Gasteiger partial charge in [-0.25, -0.2) is 19.9 Å². The third-order valence-corrected chi connectivity index (χ3v) is 5.97. The highest BCUT2D eigenvalue weighted by atomic mass is 79.9. The summed E-state index contributed by atoms with van der Waals surface area (Å²) in [5.74, 6) is 1.24. The van der Waals surface area contributed by atoms with Crippen LogP contribution in [0.3, 0.4) is 0 Å². The molecule has 2 N–H and O–H groups in total. The topological polar surface area (TPSA) is 83.8 Å². The fourth-order valence-corrected chi connectivity index (χ4v) is 4.33. The van der Waals surface area contributed by atoms with Crippen LogP contribution in [0.1, 0.15) is 19.9 Å². The van der Waals surface area contributed by atoms with Crippen molar-refractivity contribution >= 4 is 55.3 Å². The fraction of sp³-hybridized carbons (Fsp3) is 0.333. The molecule has 1 saturated heterocycles. The SMILES string of the molecule is CC(C)n1cnc2c(Br)cc3cnc(Nc4ccc(N5CCNCC5)cn4)nc3c21. The van der Waals surface area contributed by atoms with Gasteiger partial charge < -0.3 is 20.1 Å². The van der Waals surface area contributed by atoms with Gasteiger partial charge in [0.1, 0.15) is 16.9 Å². The molecule has 3 aromatic heterocycles. The van der Waals surface area contributed by atoms with Crippen LogP contribution in [0, 0.1) is 0 Å². The number of nitrogens with one attached hydrogen (secondary N) is 2. The molecule has 0 amide bonds. The third kappa shape index (κ3) is 3.48. The predicted octanol–water partition coefficient (Wildman–Crippen LogP) is 3.87. The molecule has 1 aliphatic rings. The molecular weight excluding hydrogens is 444 g/mol. The molecule has 0 spiro atoms. The minimum Gasteiger partial charge on any atom is -0.368 e. The maximum Gasteiger partial charge on any atom is 0.228 e. The van der Waals surface area contributed by atoms with Crippen molar-refractivity contribution in [3.63, 3.8) is 0 Å². The Hall–Kier alpha value is -2.78. The molecule has 9 heteroatoms. The molecule has 1 aliphatic heterocycles. The average molecular weight is 467 g/mol. The highest BCUT2D eigenvalue weighted by molar-refractivity contribution is 9.10. The molecule has 30 heavy (non-hydrogen) atoms. The molecule has 8 nitrogen and oxygen atoms in total. The number of imidazole rings is 1. The number of rotatable bonds is 4. The Labute approximate surface area is 182 Å². The summed E-state index contributed by atoms with van der Waals surface area (Å²) in [6.07, 6.45) is 5.60. The van der Waals surface area contributed by atoms with E-state index in [1.54, 1.807) is 0 Å². The van der Waals surface area contributed by atoms with Crippen LogP contribution in [0.25, 0.3) is 21.9 Å². The molecule has 5 rings (SSSR count). The summed E-state index contributed by atoms with van der Waals surface area (Å²) in [5, 5.41) is 7.57. The average Bonchev–Trinajstić information content (AvgIpc) is 3.22. The van der Waals surface area contributed by atoms with Gasteiger partial charge in [0.15, 0.2) is 0 Å². The summed E-state index contributed by atoms with van der Waals surface area (Å²) >= 11 is 3.63. The van der Waals surface area contributed by atoms with E-state index in [1.807, 2.05) is 30.9 Å². The lowest BCUT2D eigenvalue weighted by Gasteiger charge is -2.29. The van der Waals surface area contributed by atoms with Gasteiger partial charge in [0.25, 0.3) is 0 Å². The van der Waals surface area contributed by atoms with Crippen molar-refractivity contribution in [2.75, 3.05) is 36.4 Å². The van der Waals surface area contributed by atoms with E-state index in [0.29, 0.717) is 5.95 Å². The molecule has 154 valence electrons. The Kier molecular flexibility index (Phi) is 5.00. The normalized spacial score (nSPS) is 14.7. The van der Waals surface area contributed by atoms with Crippen molar-refractivity contribution in [3.8, 4) is 0 Å². The van der Waals surface area contributed by atoms with Crippen LogP contribution >= 0.6 is 15.9 Å². The molecule has 4 heterocycles. The summed E-state index contributed by atoms with van der Waals surface area (Å²) in [4.78, 5) is 20.8. The number of pyridine rings is 1. The second-order valence-electron chi connectivity index (χ2n) is 7.70. The van der Waals surface area contributed by atoms with Crippen molar-refractivity contribution < 1.29 is 0 Å². The van der Waals surface area contributed by atoms with Gasteiger partial charge in [-0.2, -0.15) is 0 Å². The zero-order valence-electron chi connectivity index (χ0n) is 16.9. The first-order chi connectivity index (χ1) is 14.6. The molecule has 0 atom stereocenters. The van der Waals surface area contributed by atoms with Crippen LogP contribution in [0.4, 0.5) is 17.5 Å². The van der Waals surface area contributed by atoms with Gasteiger partial charge in [0.2, 0.25) is 5.95 Å².